The van der Waals surface area contributed by atoms with Crippen molar-refractivity contribution in [2.24, 2.45) is 0 Å². The minimum atomic E-state index is -0.248. The third-order valence-corrected chi connectivity index (χ3v) is 6.98. The van der Waals surface area contributed by atoms with Crippen molar-refractivity contribution in [3.05, 3.63) is 56.5 Å². The average Bonchev–Trinajstić information content (AvgIpc) is 2.71. The maximum absolute atomic E-state index is 12.4. The largest absolute Gasteiger partial charge is 0.487 e. The number of aryl methyl sites for hydroxylation is 1. The number of piperidine rings is 1. The molecule has 2 aliphatic rings. The number of halogens is 3. The molecular weight excluding hydrogens is 445 g/mol. The fourth-order valence-corrected chi connectivity index (χ4v) is 4.97. The highest BCUT2D eigenvalue weighted by Gasteiger charge is 2.39. The number of ether oxygens (including phenoxy) is 1. The molecule has 0 unspecified atom stereocenters. The van der Waals surface area contributed by atoms with E-state index in [4.69, 9.17) is 45.3 Å². The van der Waals surface area contributed by atoms with Crippen LogP contribution in [-0.4, -0.2) is 42.6 Å². The summed E-state index contributed by atoms with van der Waals surface area (Å²) in [6, 6.07) is 8.81. The number of nitrogens with zero attached hydrogens (tertiary/aromatic N) is 1. The summed E-state index contributed by atoms with van der Waals surface area (Å²) in [5, 5.41) is 4.22. The molecule has 2 aromatic rings. The summed E-state index contributed by atoms with van der Waals surface area (Å²) in [5.74, 6) is 0.614. The van der Waals surface area contributed by atoms with Crippen molar-refractivity contribution in [3.63, 3.8) is 0 Å². The number of nitrogens with two attached hydrogens (primary N) is 1. The number of amides is 1. The molecule has 2 aliphatic heterocycles. The number of benzene rings is 2. The lowest BCUT2D eigenvalue weighted by Gasteiger charge is -2.44. The molecule has 4 rings (SSSR count). The molecule has 1 fully saturated rings. The van der Waals surface area contributed by atoms with Crippen LogP contribution in [0.4, 0.5) is 5.69 Å². The van der Waals surface area contributed by atoms with E-state index in [2.05, 4.69) is 10.2 Å². The maximum atomic E-state index is 12.4. The highest BCUT2D eigenvalue weighted by molar-refractivity contribution is 6.39. The van der Waals surface area contributed by atoms with Crippen LogP contribution in [0.3, 0.4) is 0 Å². The molecule has 0 radical (unpaired) electrons. The topological polar surface area (TPSA) is 67.6 Å². The van der Waals surface area contributed by atoms with Crippen LogP contribution in [0.15, 0.2) is 30.3 Å². The summed E-state index contributed by atoms with van der Waals surface area (Å²) in [7, 11) is 0. The van der Waals surface area contributed by atoms with E-state index in [0.717, 1.165) is 56.6 Å². The predicted molar refractivity (Wildman–Crippen MR) is 122 cm³/mol. The predicted octanol–water partition coefficient (Wildman–Crippen LogP) is 4.82. The van der Waals surface area contributed by atoms with E-state index in [-0.39, 0.29) is 11.5 Å². The van der Waals surface area contributed by atoms with Gasteiger partial charge in [-0.3, -0.25) is 4.79 Å². The number of hydrogen-bond acceptors (Lipinski definition) is 4. The number of hydrogen-bond donors (Lipinski definition) is 2. The van der Waals surface area contributed by atoms with Gasteiger partial charge in [0.15, 0.2) is 0 Å². The first-order valence-corrected chi connectivity index (χ1v) is 11.2. The third-order valence-electron chi connectivity index (χ3n) is 6.03. The second kappa shape index (κ2) is 8.83. The Labute approximate surface area is 191 Å². The molecular formula is C22H24Cl3N3O2. The molecule has 1 amide bonds. The Morgan fingerprint density at radius 2 is 1.80 bits per heavy atom. The van der Waals surface area contributed by atoms with Crippen LogP contribution in [0.5, 0.6) is 5.75 Å². The number of fused-ring (bicyclic) bond motifs is 1. The van der Waals surface area contributed by atoms with Crippen LogP contribution in [0.2, 0.25) is 15.1 Å². The van der Waals surface area contributed by atoms with Crippen molar-refractivity contribution in [2.45, 2.75) is 31.3 Å². The van der Waals surface area contributed by atoms with E-state index in [1.165, 1.54) is 0 Å². The molecule has 0 atom stereocenters. The first-order chi connectivity index (χ1) is 14.4. The van der Waals surface area contributed by atoms with Gasteiger partial charge in [0.05, 0.1) is 26.3 Å². The first-order valence-electron chi connectivity index (χ1n) is 10.1. The van der Waals surface area contributed by atoms with E-state index in [0.29, 0.717) is 32.9 Å². The van der Waals surface area contributed by atoms with Crippen molar-refractivity contribution >= 4 is 46.4 Å². The lowest BCUT2D eigenvalue weighted by atomic mass is 9.83. The highest BCUT2D eigenvalue weighted by Crippen LogP contribution is 2.41. The van der Waals surface area contributed by atoms with Crippen molar-refractivity contribution in [1.29, 1.82) is 0 Å². The fourth-order valence-electron chi connectivity index (χ4n) is 4.21. The Bertz CT molecular complexity index is 939. The minimum absolute atomic E-state index is 0.141. The molecule has 8 heteroatoms. The van der Waals surface area contributed by atoms with Crippen LogP contribution in [-0.2, 0) is 6.42 Å². The second-order valence-corrected chi connectivity index (χ2v) is 9.18. The van der Waals surface area contributed by atoms with Crippen molar-refractivity contribution in [1.82, 2.24) is 10.2 Å². The molecule has 2 heterocycles. The Kier molecular flexibility index (Phi) is 6.35. The summed E-state index contributed by atoms with van der Waals surface area (Å²) in [6.45, 7) is 3.14. The molecule has 0 saturated carbocycles. The van der Waals surface area contributed by atoms with E-state index in [9.17, 15) is 4.79 Å². The number of nitrogen functional groups attached to an aromatic ring is 1. The lowest BCUT2D eigenvalue weighted by molar-refractivity contribution is -0.0140. The number of anilines is 1. The van der Waals surface area contributed by atoms with Gasteiger partial charge in [-0.25, -0.2) is 0 Å². The van der Waals surface area contributed by atoms with Gasteiger partial charge >= 0.3 is 0 Å². The minimum Gasteiger partial charge on any atom is -0.487 e. The SMILES string of the molecule is Nc1cc2c(cc1Cl)CCC1(CCN(CCNC(=O)c3c(Cl)cccc3Cl)CC1)O2. The smallest absolute Gasteiger partial charge is 0.254 e. The Balaban J connectivity index is 1.28. The molecule has 160 valence electrons. The molecule has 0 aromatic heterocycles. The van der Waals surface area contributed by atoms with Crippen molar-refractivity contribution < 1.29 is 9.53 Å². The third kappa shape index (κ3) is 4.50. The van der Waals surface area contributed by atoms with Crippen molar-refractivity contribution in [3.8, 4) is 5.75 Å². The van der Waals surface area contributed by atoms with Crippen LogP contribution < -0.4 is 15.8 Å². The van der Waals surface area contributed by atoms with Crippen molar-refractivity contribution in [2.75, 3.05) is 31.9 Å². The zero-order chi connectivity index (χ0) is 21.3. The van der Waals surface area contributed by atoms with Gasteiger partial charge in [-0.1, -0.05) is 40.9 Å². The molecule has 0 aliphatic carbocycles. The summed E-state index contributed by atoms with van der Waals surface area (Å²) < 4.78 is 6.41. The standard InChI is InChI=1S/C22H24Cl3N3O2/c23-15-2-1-3-16(24)20(15)21(29)27-8-11-28-9-6-22(7-10-28)5-4-14-12-17(25)18(26)13-19(14)30-22/h1-3,12-13H,4-11,26H2,(H,27,29). The van der Waals surface area contributed by atoms with E-state index in [1.807, 2.05) is 12.1 Å². The fraction of sp³-hybridized carbons (Fsp3) is 0.409. The van der Waals surface area contributed by atoms with Crippen LogP contribution >= 0.6 is 34.8 Å². The van der Waals surface area contributed by atoms with Gasteiger partial charge in [-0.05, 0) is 49.4 Å². The van der Waals surface area contributed by atoms with Gasteiger partial charge in [-0.15, -0.1) is 0 Å². The lowest BCUT2D eigenvalue weighted by Crippen LogP contribution is -2.50. The van der Waals surface area contributed by atoms with Gasteiger partial charge in [0.2, 0.25) is 0 Å². The summed E-state index contributed by atoms with van der Waals surface area (Å²) in [5.41, 5.74) is 7.82. The van der Waals surface area contributed by atoms with Crippen LogP contribution in [0.25, 0.3) is 0 Å². The molecule has 30 heavy (non-hydrogen) atoms. The Hall–Kier alpha value is -1.66. The number of rotatable bonds is 4. The zero-order valence-electron chi connectivity index (χ0n) is 16.5. The summed E-state index contributed by atoms with van der Waals surface area (Å²) in [4.78, 5) is 14.7. The van der Waals surface area contributed by atoms with E-state index >= 15 is 0 Å². The molecule has 1 saturated heterocycles. The van der Waals surface area contributed by atoms with Crippen LogP contribution in [0.1, 0.15) is 35.2 Å². The average molecular weight is 469 g/mol. The monoisotopic (exact) mass is 467 g/mol. The van der Waals surface area contributed by atoms with E-state index < -0.39 is 0 Å². The van der Waals surface area contributed by atoms with Crippen LogP contribution in [0, 0.1) is 0 Å². The molecule has 5 nitrogen and oxygen atoms in total. The second-order valence-electron chi connectivity index (χ2n) is 7.96. The molecule has 0 bridgehead atoms. The molecule has 2 aromatic carbocycles. The number of carbonyl (C=O) groups is 1. The molecule has 1 spiro atoms. The summed E-state index contributed by atoms with van der Waals surface area (Å²) >= 11 is 18.3. The number of likely N-dealkylation sites (tertiary alicyclic amines) is 1. The van der Waals surface area contributed by atoms with E-state index in [1.54, 1.807) is 18.2 Å². The highest BCUT2D eigenvalue weighted by atomic mass is 35.5. The van der Waals surface area contributed by atoms with Gasteiger partial charge in [0.25, 0.3) is 5.91 Å². The van der Waals surface area contributed by atoms with Gasteiger partial charge in [0.1, 0.15) is 11.4 Å². The Morgan fingerprint density at radius 1 is 1.10 bits per heavy atom. The van der Waals surface area contributed by atoms with Gasteiger partial charge in [0, 0.05) is 32.2 Å². The maximum Gasteiger partial charge on any atom is 0.254 e. The Morgan fingerprint density at radius 3 is 2.50 bits per heavy atom. The number of nitrogens with one attached hydrogen (secondary N) is 1. The molecule has 3 N–H and O–H groups in total. The summed E-state index contributed by atoms with van der Waals surface area (Å²) in [6.07, 6.45) is 3.82. The quantitative estimate of drug-likeness (QED) is 0.631. The number of carbonyl (C=O) groups excluding carboxylic acids is 1. The van der Waals surface area contributed by atoms with Gasteiger partial charge in [-0.2, -0.15) is 0 Å². The first kappa shape index (κ1) is 21.6. The zero-order valence-corrected chi connectivity index (χ0v) is 18.8. The van der Waals surface area contributed by atoms with Gasteiger partial charge < -0.3 is 20.7 Å². The normalized spacial score (nSPS) is 18.0.